The summed E-state index contributed by atoms with van der Waals surface area (Å²) in [4.78, 5) is 22.4. The van der Waals surface area contributed by atoms with Gasteiger partial charge in [-0.3, -0.25) is 9.78 Å². The molecule has 1 saturated carbocycles. The molecule has 44 heavy (non-hydrogen) atoms. The molecule has 2 N–H and O–H groups in total. The number of fused-ring (bicyclic) bond motifs is 1. The number of aliphatic hydroxyl groups is 1. The average molecular weight is 610 g/mol. The van der Waals surface area contributed by atoms with Gasteiger partial charge in [0, 0.05) is 45.9 Å². The van der Waals surface area contributed by atoms with Crippen LogP contribution in [0.15, 0.2) is 54.7 Å². The Kier molecular flexibility index (Phi) is 7.36. The van der Waals surface area contributed by atoms with Gasteiger partial charge in [0.25, 0.3) is 12.3 Å². The van der Waals surface area contributed by atoms with Gasteiger partial charge in [-0.15, -0.1) is 0 Å². The van der Waals surface area contributed by atoms with E-state index < -0.39 is 35.2 Å². The van der Waals surface area contributed by atoms with E-state index in [0.29, 0.717) is 35.2 Å². The summed E-state index contributed by atoms with van der Waals surface area (Å²) in [5.74, 6) is -1.50. The number of alkyl halides is 2. The van der Waals surface area contributed by atoms with Crippen molar-refractivity contribution in [2.45, 2.75) is 50.7 Å². The van der Waals surface area contributed by atoms with E-state index in [4.69, 9.17) is 14.5 Å². The number of amides is 1. The minimum atomic E-state index is -2.73. The molecule has 1 saturated heterocycles. The van der Waals surface area contributed by atoms with Gasteiger partial charge in [0.05, 0.1) is 24.9 Å². The molecule has 1 amide bonds. The van der Waals surface area contributed by atoms with Gasteiger partial charge in [0.1, 0.15) is 28.4 Å². The molecule has 6 rings (SSSR count). The third-order valence-corrected chi connectivity index (χ3v) is 8.79. The lowest BCUT2D eigenvalue weighted by atomic mass is 9.79. The molecule has 11 heteroatoms. The second kappa shape index (κ2) is 10.8. The van der Waals surface area contributed by atoms with Gasteiger partial charge in [0.15, 0.2) is 5.82 Å². The Morgan fingerprint density at radius 1 is 1.11 bits per heavy atom. The fourth-order valence-electron chi connectivity index (χ4n) is 6.18. The quantitative estimate of drug-likeness (QED) is 0.220. The molecule has 230 valence electrons. The summed E-state index contributed by atoms with van der Waals surface area (Å²) in [5.41, 5.74) is -2.34. The molecule has 0 unspecified atom stereocenters. The number of carbonyl (C=O) groups is 1. The Bertz CT molecular complexity index is 1750. The lowest BCUT2D eigenvalue weighted by Gasteiger charge is -2.36. The van der Waals surface area contributed by atoms with Crippen LogP contribution in [0.2, 0.25) is 0 Å². The van der Waals surface area contributed by atoms with Gasteiger partial charge in [-0.1, -0.05) is 0 Å². The van der Waals surface area contributed by atoms with Gasteiger partial charge >= 0.3 is 0 Å². The highest BCUT2D eigenvalue weighted by Gasteiger charge is 2.65. The molecular weight excluding hydrogens is 578 g/mol. The summed E-state index contributed by atoms with van der Waals surface area (Å²) in [6, 6.07) is 10.9. The SMILES string of the molecule is COc1cc(C(=O)NC[C@@]2(c3cc(C(C)(C)O)c(F)c(-c4ccc(F)cc4)n3)OCCC23CC3)cc2cc(C(F)F)cnc12. The van der Waals surface area contributed by atoms with Crippen LogP contribution in [0.3, 0.4) is 0 Å². The predicted molar refractivity (Wildman–Crippen MR) is 154 cm³/mol. The normalized spacial score (nSPS) is 19.1. The number of aromatic nitrogens is 2. The first-order valence-corrected chi connectivity index (χ1v) is 14.3. The molecular formula is C33H31F4N3O4. The summed E-state index contributed by atoms with van der Waals surface area (Å²) in [6.45, 7) is 3.27. The number of rotatable bonds is 8. The van der Waals surface area contributed by atoms with E-state index in [9.17, 15) is 23.1 Å². The van der Waals surface area contributed by atoms with E-state index in [1.807, 2.05) is 0 Å². The van der Waals surface area contributed by atoms with Crippen molar-refractivity contribution in [3.05, 3.63) is 88.7 Å². The number of pyridine rings is 2. The number of methoxy groups -OCH3 is 1. The number of ether oxygens (including phenoxy) is 2. The largest absolute Gasteiger partial charge is 0.494 e. The van der Waals surface area contributed by atoms with Crippen LogP contribution in [0, 0.1) is 17.0 Å². The Morgan fingerprint density at radius 3 is 2.48 bits per heavy atom. The zero-order valence-corrected chi connectivity index (χ0v) is 24.4. The molecule has 3 heterocycles. The second-order valence-corrected chi connectivity index (χ2v) is 12.0. The predicted octanol–water partition coefficient (Wildman–Crippen LogP) is 6.57. The van der Waals surface area contributed by atoms with Crippen molar-refractivity contribution in [2.24, 2.45) is 5.41 Å². The Hall–Kier alpha value is -4.09. The molecule has 2 fully saturated rings. The summed E-state index contributed by atoms with van der Waals surface area (Å²) >= 11 is 0. The van der Waals surface area contributed by atoms with Gasteiger partial charge in [-0.2, -0.15) is 0 Å². The topological polar surface area (TPSA) is 93.6 Å². The molecule has 2 aromatic carbocycles. The smallest absolute Gasteiger partial charge is 0.265 e. The first kappa shape index (κ1) is 30.0. The lowest BCUT2D eigenvalue weighted by molar-refractivity contribution is -0.0367. The molecule has 2 aliphatic rings. The third kappa shape index (κ3) is 5.07. The fraction of sp³-hybridized carbons (Fsp3) is 0.364. The zero-order valence-electron chi connectivity index (χ0n) is 24.4. The average Bonchev–Trinajstić information content (AvgIpc) is 3.69. The lowest BCUT2D eigenvalue weighted by Crippen LogP contribution is -2.46. The summed E-state index contributed by atoms with van der Waals surface area (Å²) in [5, 5.41) is 14.2. The maximum atomic E-state index is 15.9. The highest BCUT2D eigenvalue weighted by molar-refractivity contribution is 6.00. The van der Waals surface area contributed by atoms with Gasteiger partial charge < -0.3 is 19.9 Å². The van der Waals surface area contributed by atoms with Crippen molar-refractivity contribution < 1.29 is 36.9 Å². The van der Waals surface area contributed by atoms with Crippen LogP contribution in [0.1, 0.15) is 66.7 Å². The van der Waals surface area contributed by atoms with Crippen LogP contribution in [0.5, 0.6) is 5.75 Å². The van der Waals surface area contributed by atoms with Crippen LogP contribution in [-0.4, -0.2) is 41.2 Å². The minimum Gasteiger partial charge on any atom is -0.494 e. The summed E-state index contributed by atoms with van der Waals surface area (Å²) in [6.07, 6.45) is 0.608. The number of benzene rings is 2. The summed E-state index contributed by atoms with van der Waals surface area (Å²) < 4.78 is 68.1. The molecule has 0 bridgehead atoms. The van der Waals surface area contributed by atoms with Crippen LogP contribution in [-0.2, 0) is 15.9 Å². The number of hydrogen-bond donors (Lipinski definition) is 2. The fourth-order valence-corrected chi connectivity index (χ4v) is 6.18. The van der Waals surface area contributed by atoms with Gasteiger partial charge in [0.2, 0.25) is 0 Å². The van der Waals surface area contributed by atoms with Crippen molar-refractivity contribution in [3.8, 4) is 17.0 Å². The minimum absolute atomic E-state index is 0.0135. The van der Waals surface area contributed by atoms with Crippen molar-refractivity contribution in [1.29, 1.82) is 0 Å². The summed E-state index contributed by atoms with van der Waals surface area (Å²) in [7, 11) is 1.40. The van der Waals surface area contributed by atoms with E-state index in [1.54, 1.807) is 0 Å². The Morgan fingerprint density at radius 2 is 1.84 bits per heavy atom. The number of carbonyl (C=O) groups excluding carboxylic acids is 1. The second-order valence-electron chi connectivity index (χ2n) is 12.0. The van der Waals surface area contributed by atoms with Crippen molar-refractivity contribution in [2.75, 3.05) is 20.3 Å². The number of hydrogen-bond acceptors (Lipinski definition) is 6. The highest BCUT2D eigenvalue weighted by Crippen LogP contribution is 2.65. The molecule has 2 aromatic heterocycles. The first-order chi connectivity index (χ1) is 20.9. The van der Waals surface area contributed by atoms with E-state index in [1.165, 1.54) is 69.5 Å². The van der Waals surface area contributed by atoms with E-state index >= 15 is 4.39 Å². The molecule has 0 radical (unpaired) electrons. The van der Waals surface area contributed by atoms with E-state index in [0.717, 1.165) is 19.0 Å². The maximum Gasteiger partial charge on any atom is 0.265 e. The Balaban J connectivity index is 1.41. The van der Waals surface area contributed by atoms with Crippen LogP contribution in [0.4, 0.5) is 17.6 Å². The van der Waals surface area contributed by atoms with Crippen molar-refractivity contribution in [3.63, 3.8) is 0 Å². The van der Waals surface area contributed by atoms with Crippen LogP contribution < -0.4 is 10.1 Å². The third-order valence-electron chi connectivity index (χ3n) is 8.79. The molecule has 1 spiro atoms. The van der Waals surface area contributed by atoms with E-state index in [2.05, 4.69) is 10.3 Å². The number of nitrogens with zero attached hydrogens (tertiary/aromatic N) is 2. The first-order valence-electron chi connectivity index (χ1n) is 14.3. The maximum absolute atomic E-state index is 15.9. The standard InChI is InChI=1S/C33H31F4N3O4/c1-31(2,42)23-15-25(40-28(26(23)35)18-4-6-22(34)7-5-18)33(32(8-9-32)10-11-44-33)17-39-30(41)20-12-19-13-21(29(36)37)16-38-27(19)24(14-20)43-3/h4-7,12-16,29,42H,8-11,17H2,1-3H3,(H,39,41)/t33-/m0/s1. The molecule has 1 aliphatic carbocycles. The monoisotopic (exact) mass is 609 g/mol. The van der Waals surface area contributed by atoms with Gasteiger partial charge in [-0.25, -0.2) is 22.5 Å². The van der Waals surface area contributed by atoms with Crippen molar-refractivity contribution in [1.82, 2.24) is 15.3 Å². The zero-order chi connectivity index (χ0) is 31.4. The number of halogens is 4. The van der Waals surface area contributed by atoms with E-state index in [-0.39, 0.29) is 40.1 Å². The molecule has 1 atom stereocenters. The van der Waals surface area contributed by atoms with Crippen molar-refractivity contribution >= 4 is 16.8 Å². The van der Waals surface area contributed by atoms with Crippen LogP contribution >= 0.6 is 0 Å². The van der Waals surface area contributed by atoms with Gasteiger partial charge in [-0.05, 0) is 81.6 Å². The Labute approximate surface area is 251 Å². The molecule has 1 aliphatic heterocycles. The molecule has 4 aromatic rings. The highest BCUT2D eigenvalue weighted by atomic mass is 19.3. The number of nitrogens with one attached hydrogen (secondary N) is 1. The van der Waals surface area contributed by atoms with Crippen LogP contribution in [0.25, 0.3) is 22.2 Å². The molecule has 7 nitrogen and oxygen atoms in total.